The number of anilines is 3. The Kier molecular flexibility index (Phi) is 8.63. The molecule has 13 heteroatoms. The van der Waals surface area contributed by atoms with E-state index in [1.54, 1.807) is 6.33 Å². The number of imidazole rings is 1. The first-order valence-electron chi connectivity index (χ1n) is 19.0. The zero-order valence-corrected chi connectivity index (χ0v) is 31.6. The molecule has 2 aromatic heterocycles. The molecule has 3 fully saturated rings. The first kappa shape index (κ1) is 36.5. The summed E-state index contributed by atoms with van der Waals surface area (Å²) >= 11 is 0. The van der Waals surface area contributed by atoms with Crippen LogP contribution in [0.4, 0.5) is 34.8 Å². The first-order chi connectivity index (χ1) is 25.5. The van der Waals surface area contributed by atoms with Crippen molar-refractivity contribution in [2.24, 2.45) is 0 Å². The summed E-state index contributed by atoms with van der Waals surface area (Å²) in [6, 6.07) is 8.83. The third kappa shape index (κ3) is 5.76. The van der Waals surface area contributed by atoms with Gasteiger partial charge in [-0.25, -0.2) is 27.5 Å². The van der Waals surface area contributed by atoms with Crippen LogP contribution >= 0.6 is 0 Å². The molecule has 0 radical (unpaired) electrons. The second kappa shape index (κ2) is 12.8. The zero-order valence-electron chi connectivity index (χ0n) is 31.6. The lowest BCUT2D eigenvalue weighted by Crippen LogP contribution is -2.64. The molecular weight excluding hydrogens is 698 g/mol. The highest BCUT2D eigenvalue weighted by Gasteiger charge is 2.54. The average Bonchev–Trinajstić information content (AvgIpc) is 3.73. The number of carbonyl (C=O) groups is 2. The highest BCUT2D eigenvalue weighted by Crippen LogP contribution is 2.51. The lowest BCUT2D eigenvalue weighted by atomic mass is 9.71. The number of hydrogen-bond acceptors (Lipinski definition) is 6. The maximum Gasteiger partial charge on any atom is 0.261 e. The molecule has 8 rings (SSSR count). The van der Waals surface area contributed by atoms with Crippen molar-refractivity contribution in [2.45, 2.75) is 121 Å². The fourth-order valence-electron chi connectivity index (χ4n) is 8.82. The van der Waals surface area contributed by atoms with Gasteiger partial charge in [-0.05, 0) is 117 Å². The monoisotopic (exact) mass is 745 g/mol. The van der Waals surface area contributed by atoms with Crippen LogP contribution in [0, 0.1) is 18.6 Å². The lowest BCUT2D eigenvalue weighted by molar-refractivity contribution is -0.123. The van der Waals surface area contributed by atoms with Gasteiger partial charge < -0.3 is 20.1 Å². The molecular formula is C41H47F4N7O2. The molecule has 2 aliphatic carbocycles. The Bertz CT molecular complexity index is 2180. The van der Waals surface area contributed by atoms with E-state index < -0.39 is 34.9 Å². The van der Waals surface area contributed by atoms with Gasteiger partial charge in [-0.15, -0.1) is 0 Å². The fraction of sp³-hybridized carbons (Fsp3) is 0.512. The number of amides is 2. The van der Waals surface area contributed by atoms with E-state index in [4.69, 9.17) is 4.98 Å². The number of piperidine rings is 1. The molecule has 54 heavy (non-hydrogen) atoms. The van der Waals surface area contributed by atoms with Crippen LogP contribution in [0.5, 0.6) is 0 Å². The van der Waals surface area contributed by atoms with Crippen LogP contribution in [0.3, 0.4) is 0 Å². The van der Waals surface area contributed by atoms with Gasteiger partial charge in [0.1, 0.15) is 11.1 Å². The molecule has 1 saturated heterocycles. The lowest BCUT2D eigenvalue weighted by Gasteiger charge is -2.55. The Morgan fingerprint density at radius 3 is 2.33 bits per heavy atom. The summed E-state index contributed by atoms with van der Waals surface area (Å²) in [6.45, 7) is 13.6. The molecule has 2 N–H and O–H groups in total. The van der Waals surface area contributed by atoms with E-state index in [9.17, 15) is 18.4 Å². The number of nitrogens with one attached hydrogen (secondary N) is 2. The molecule has 4 aliphatic rings. The van der Waals surface area contributed by atoms with Gasteiger partial charge in [0.05, 0.1) is 28.6 Å². The van der Waals surface area contributed by atoms with Crippen molar-refractivity contribution in [2.75, 3.05) is 23.3 Å². The number of carbonyl (C=O) groups excluding carboxylic acids is 2. The molecule has 0 atom stereocenters. The Labute approximate surface area is 312 Å². The Balaban J connectivity index is 1.17. The van der Waals surface area contributed by atoms with Crippen molar-refractivity contribution in [3.05, 3.63) is 65.0 Å². The summed E-state index contributed by atoms with van der Waals surface area (Å²) in [5, 5.41) is 5.29. The van der Waals surface area contributed by atoms with Crippen LogP contribution in [-0.4, -0.2) is 67.9 Å². The van der Waals surface area contributed by atoms with Crippen LogP contribution < -0.4 is 15.5 Å². The molecule has 0 bridgehead atoms. The molecule has 2 aliphatic heterocycles. The molecule has 4 heterocycles. The van der Waals surface area contributed by atoms with Gasteiger partial charge in [0.25, 0.3) is 12.3 Å². The highest BCUT2D eigenvalue weighted by molar-refractivity contribution is 6.09. The number of halogens is 4. The van der Waals surface area contributed by atoms with E-state index in [1.165, 1.54) is 26.2 Å². The molecule has 9 nitrogen and oxygen atoms in total. The Morgan fingerprint density at radius 1 is 0.981 bits per heavy atom. The average molecular weight is 746 g/mol. The van der Waals surface area contributed by atoms with Gasteiger partial charge in [-0.3, -0.25) is 14.5 Å². The minimum Gasteiger partial charge on any atom is -0.341 e. The van der Waals surface area contributed by atoms with Gasteiger partial charge in [-0.1, -0.05) is 18.6 Å². The van der Waals surface area contributed by atoms with Crippen molar-refractivity contribution in [3.63, 3.8) is 0 Å². The van der Waals surface area contributed by atoms with Gasteiger partial charge in [0.2, 0.25) is 5.91 Å². The largest absolute Gasteiger partial charge is 0.341 e. The van der Waals surface area contributed by atoms with Gasteiger partial charge >= 0.3 is 0 Å². The van der Waals surface area contributed by atoms with Crippen LogP contribution in [0.2, 0.25) is 0 Å². The van der Waals surface area contributed by atoms with Gasteiger partial charge in [0.15, 0.2) is 17.5 Å². The van der Waals surface area contributed by atoms with Crippen LogP contribution in [0.1, 0.15) is 107 Å². The molecule has 0 spiro atoms. The van der Waals surface area contributed by atoms with Crippen LogP contribution in [0.15, 0.2) is 36.7 Å². The molecule has 2 aromatic carbocycles. The number of hydrogen-bond donors (Lipinski definition) is 2. The number of pyridine rings is 1. The molecule has 286 valence electrons. The van der Waals surface area contributed by atoms with Crippen LogP contribution in [0.25, 0.3) is 22.3 Å². The number of nitrogens with zero attached hydrogens (tertiary/aromatic N) is 5. The predicted octanol–water partition coefficient (Wildman–Crippen LogP) is 8.57. The van der Waals surface area contributed by atoms with E-state index in [1.807, 2.05) is 61.4 Å². The van der Waals surface area contributed by atoms with E-state index in [0.717, 1.165) is 43.2 Å². The van der Waals surface area contributed by atoms with Gasteiger partial charge in [0, 0.05) is 40.0 Å². The second-order valence-corrected chi connectivity index (χ2v) is 16.9. The highest BCUT2D eigenvalue weighted by atomic mass is 19.3. The van der Waals surface area contributed by atoms with Crippen molar-refractivity contribution >= 4 is 40.0 Å². The van der Waals surface area contributed by atoms with E-state index in [-0.39, 0.29) is 59.0 Å². The molecule has 4 aromatic rings. The normalized spacial score (nSPS) is 23.2. The summed E-state index contributed by atoms with van der Waals surface area (Å²) in [6.07, 6.45) is 4.52. The van der Waals surface area contributed by atoms with E-state index in [2.05, 4.69) is 27.4 Å². The fourth-order valence-corrected chi connectivity index (χ4v) is 8.82. The second-order valence-electron chi connectivity index (χ2n) is 16.9. The first-order valence-corrected chi connectivity index (χ1v) is 19.0. The number of rotatable bonds is 9. The summed E-state index contributed by atoms with van der Waals surface area (Å²) < 4.78 is 60.3. The van der Waals surface area contributed by atoms with Crippen molar-refractivity contribution in [1.29, 1.82) is 0 Å². The number of likely N-dealkylation sites (tertiary alicyclic amines) is 1. The van der Waals surface area contributed by atoms with E-state index >= 15 is 8.78 Å². The minimum absolute atomic E-state index is 0.0613. The molecule has 2 saturated carbocycles. The summed E-state index contributed by atoms with van der Waals surface area (Å²) in [5.74, 6) is -3.18. The number of alkyl halides is 2. The SMILES string of the molecule is Cc1c(C(=O)NC2(C(F)F)CC2)cc(Nc2nc(-c3ccc4c(c3)N([C@H]3C[C@@](C)(N5CCCCC5)C3)C(=O)C4(C)C)cc3ncn(C(C)C)c23)c(F)c1F. The summed E-state index contributed by atoms with van der Waals surface area (Å²) in [4.78, 5) is 41.4. The van der Waals surface area contributed by atoms with Crippen molar-refractivity contribution in [3.8, 4) is 11.3 Å². The summed E-state index contributed by atoms with van der Waals surface area (Å²) in [5.41, 5.74) is 0.822. The number of fused-ring (bicyclic) bond motifs is 2. The number of aromatic nitrogens is 3. The zero-order chi connectivity index (χ0) is 38.5. The van der Waals surface area contributed by atoms with Gasteiger partial charge in [-0.2, -0.15) is 0 Å². The quantitative estimate of drug-likeness (QED) is 0.167. The third-order valence-corrected chi connectivity index (χ3v) is 12.4. The number of benzene rings is 2. The Morgan fingerprint density at radius 2 is 1.69 bits per heavy atom. The third-order valence-electron chi connectivity index (χ3n) is 12.4. The van der Waals surface area contributed by atoms with Crippen molar-refractivity contribution < 1.29 is 27.2 Å². The van der Waals surface area contributed by atoms with Crippen LogP contribution in [-0.2, 0) is 10.2 Å². The molecule has 2 amide bonds. The smallest absolute Gasteiger partial charge is 0.261 e. The van der Waals surface area contributed by atoms with E-state index in [0.29, 0.717) is 22.3 Å². The molecule has 0 unspecified atom stereocenters. The topological polar surface area (TPSA) is 95.4 Å². The summed E-state index contributed by atoms with van der Waals surface area (Å²) in [7, 11) is 0. The maximum absolute atomic E-state index is 15.7. The predicted molar refractivity (Wildman–Crippen MR) is 201 cm³/mol. The Hall–Kier alpha value is -4.52. The van der Waals surface area contributed by atoms with Crippen molar-refractivity contribution in [1.82, 2.24) is 24.8 Å². The standard InChI is InChI=1S/C41H47F4N7O2/c1-22(2)51-21-46-30-18-28(47-35(34(30)51)48-29-17-26(23(3)32(42)33(29)43)36(53)49-41(12-13-41)37(44)45)24-10-11-27-31(16-24)52(38(54)39(27,4)5)25-19-40(6,20-25)50-14-8-7-9-15-50/h10-11,16-18,21-22,25,37H,7-9,12-15,19-20H2,1-6H3,(H,47,48)(H,49,53)/t25-,40+. The minimum atomic E-state index is -2.79. The maximum atomic E-state index is 15.7.